The van der Waals surface area contributed by atoms with Crippen molar-refractivity contribution in [3.8, 4) is 0 Å². The van der Waals surface area contributed by atoms with E-state index in [4.69, 9.17) is 4.74 Å². The fourth-order valence-electron chi connectivity index (χ4n) is 1.96. The van der Waals surface area contributed by atoms with Crippen molar-refractivity contribution >= 4 is 6.03 Å². The maximum absolute atomic E-state index is 11.7. The zero-order valence-electron chi connectivity index (χ0n) is 11.0. The van der Waals surface area contributed by atoms with Gasteiger partial charge in [-0.1, -0.05) is 20.8 Å². The van der Waals surface area contributed by atoms with Gasteiger partial charge < -0.3 is 20.5 Å². The molecule has 5 heteroatoms. The molecule has 5 nitrogen and oxygen atoms in total. The van der Waals surface area contributed by atoms with Crippen LogP contribution >= 0.6 is 0 Å². The molecule has 0 aromatic carbocycles. The topological polar surface area (TPSA) is 70.6 Å². The van der Waals surface area contributed by atoms with Gasteiger partial charge in [-0.2, -0.15) is 0 Å². The molecule has 1 rings (SSSR count). The highest BCUT2D eigenvalue weighted by atomic mass is 16.5. The molecule has 0 bridgehead atoms. The molecule has 0 aromatic rings. The highest BCUT2D eigenvalue weighted by Crippen LogP contribution is 2.20. The van der Waals surface area contributed by atoms with Crippen LogP contribution in [0.5, 0.6) is 0 Å². The molecule has 0 saturated carbocycles. The fourth-order valence-corrected chi connectivity index (χ4v) is 1.96. The smallest absolute Gasteiger partial charge is 0.315 e. The summed E-state index contributed by atoms with van der Waals surface area (Å²) in [6.45, 7) is 7.50. The molecule has 1 aliphatic rings. The van der Waals surface area contributed by atoms with Gasteiger partial charge in [0.15, 0.2) is 0 Å². The normalized spacial score (nSPS) is 22.2. The third kappa shape index (κ3) is 5.89. The van der Waals surface area contributed by atoms with Crippen LogP contribution in [0.4, 0.5) is 4.79 Å². The first-order chi connectivity index (χ1) is 7.90. The monoisotopic (exact) mass is 244 g/mol. The van der Waals surface area contributed by atoms with Gasteiger partial charge in [-0.3, -0.25) is 0 Å². The molecular formula is C12H24N2O3. The second-order valence-electron chi connectivity index (χ2n) is 5.82. The van der Waals surface area contributed by atoms with Crippen molar-refractivity contribution in [3.63, 3.8) is 0 Å². The van der Waals surface area contributed by atoms with Crippen LogP contribution in [0.3, 0.4) is 0 Å². The predicted molar refractivity (Wildman–Crippen MR) is 65.8 cm³/mol. The van der Waals surface area contributed by atoms with E-state index in [9.17, 15) is 9.90 Å². The van der Waals surface area contributed by atoms with Gasteiger partial charge in [-0.15, -0.1) is 0 Å². The molecule has 17 heavy (non-hydrogen) atoms. The van der Waals surface area contributed by atoms with Crippen LogP contribution in [0, 0.1) is 5.41 Å². The van der Waals surface area contributed by atoms with Crippen LogP contribution in [-0.2, 0) is 4.74 Å². The minimum atomic E-state index is -0.219. The maximum Gasteiger partial charge on any atom is 0.315 e. The Hall–Kier alpha value is -0.810. The summed E-state index contributed by atoms with van der Waals surface area (Å²) in [4.78, 5) is 11.7. The molecule has 1 fully saturated rings. The number of aliphatic hydroxyl groups excluding tert-OH is 1. The van der Waals surface area contributed by atoms with Crippen LogP contribution in [0.15, 0.2) is 0 Å². The Morgan fingerprint density at radius 2 is 2.24 bits per heavy atom. The molecular weight excluding hydrogens is 220 g/mol. The van der Waals surface area contributed by atoms with Crippen LogP contribution in [0.25, 0.3) is 0 Å². The number of carbonyl (C=O) groups is 1. The number of urea groups is 1. The lowest BCUT2D eigenvalue weighted by atomic mass is 9.88. The van der Waals surface area contributed by atoms with Crippen LogP contribution in [0.1, 0.15) is 33.6 Å². The number of rotatable bonds is 4. The Bertz CT molecular complexity index is 245. The molecule has 1 aliphatic heterocycles. The van der Waals surface area contributed by atoms with E-state index in [0.29, 0.717) is 13.2 Å². The minimum Gasteiger partial charge on any atom is -0.394 e. The molecule has 1 saturated heterocycles. The second-order valence-corrected chi connectivity index (χ2v) is 5.82. The summed E-state index contributed by atoms with van der Waals surface area (Å²) in [5, 5.41) is 14.9. The number of aliphatic hydroxyl groups is 1. The zero-order chi connectivity index (χ0) is 12.9. The summed E-state index contributed by atoms with van der Waals surface area (Å²) >= 11 is 0. The number of nitrogens with one attached hydrogen (secondary N) is 2. The first-order valence-electron chi connectivity index (χ1n) is 6.16. The SMILES string of the molecule is CC(C)(C)CC(CO)NC(=O)NC1CCOC1. The van der Waals surface area contributed by atoms with Crippen molar-refractivity contribution in [3.05, 3.63) is 0 Å². The summed E-state index contributed by atoms with van der Waals surface area (Å²) in [6, 6.07) is -0.315. The van der Waals surface area contributed by atoms with Crippen molar-refractivity contribution in [1.29, 1.82) is 0 Å². The molecule has 2 unspecified atom stereocenters. The summed E-state index contributed by atoms with van der Waals surface area (Å²) in [5.41, 5.74) is 0.0805. The van der Waals surface area contributed by atoms with E-state index in [1.807, 2.05) is 0 Å². The summed E-state index contributed by atoms with van der Waals surface area (Å²) in [6.07, 6.45) is 1.61. The molecule has 0 spiro atoms. The first kappa shape index (κ1) is 14.3. The van der Waals surface area contributed by atoms with Gasteiger partial charge >= 0.3 is 6.03 Å². The van der Waals surface area contributed by atoms with Gasteiger partial charge in [-0.05, 0) is 18.3 Å². The summed E-state index contributed by atoms with van der Waals surface area (Å²) in [5.74, 6) is 0. The van der Waals surface area contributed by atoms with E-state index in [0.717, 1.165) is 12.8 Å². The third-order valence-electron chi connectivity index (χ3n) is 2.68. The predicted octanol–water partition coefficient (Wildman–Crippen LogP) is 0.872. The van der Waals surface area contributed by atoms with Gasteiger partial charge in [0, 0.05) is 6.61 Å². The van der Waals surface area contributed by atoms with Crippen molar-refractivity contribution in [1.82, 2.24) is 10.6 Å². The molecule has 0 radical (unpaired) electrons. The van der Waals surface area contributed by atoms with Gasteiger partial charge in [0.25, 0.3) is 0 Å². The lowest BCUT2D eigenvalue weighted by molar-refractivity contribution is 0.180. The molecule has 0 aromatic heterocycles. The van der Waals surface area contributed by atoms with Crippen LogP contribution < -0.4 is 10.6 Å². The van der Waals surface area contributed by atoms with Gasteiger partial charge in [0.1, 0.15) is 0 Å². The quantitative estimate of drug-likeness (QED) is 0.687. The number of amides is 2. The lowest BCUT2D eigenvalue weighted by Crippen LogP contribution is -2.48. The zero-order valence-corrected chi connectivity index (χ0v) is 11.0. The van der Waals surface area contributed by atoms with E-state index < -0.39 is 0 Å². The molecule has 2 atom stereocenters. The van der Waals surface area contributed by atoms with E-state index in [1.54, 1.807) is 0 Å². The van der Waals surface area contributed by atoms with Gasteiger partial charge in [0.2, 0.25) is 0 Å². The van der Waals surface area contributed by atoms with Crippen molar-refractivity contribution in [2.45, 2.75) is 45.7 Å². The Morgan fingerprint density at radius 1 is 1.53 bits per heavy atom. The Morgan fingerprint density at radius 3 is 2.71 bits per heavy atom. The van der Waals surface area contributed by atoms with Gasteiger partial charge in [0.05, 0.1) is 25.3 Å². The second kappa shape index (κ2) is 6.21. The van der Waals surface area contributed by atoms with E-state index in [1.165, 1.54) is 0 Å². The number of ether oxygens (including phenoxy) is 1. The van der Waals surface area contributed by atoms with E-state index in [-0.39, 0.29) is 30.1 Å². The first-order valence-corrected chi connectivity index (χ1v) is 6.16. The third-order valence-corrected chi connectivity index (χ3v) is 2.68. The largest absolute Gasteiger partial charge is 0.394 e. The molecule has 1 heterocycles. The van der Waals surface area contributed by atoms with Crippen LogP contribution in [0.2, 0.25) is 0 Å². The Kier molecular flexibility index (Phi) is 5.21. The number of carbonyl (C=O) groups excluding carboxylic acids is 1. The molecule has 2 amide bonds. The highest BCUT2D eigenvalue weighted by molar-refractivity contribution is 5.74. The lowest BCUT2D eigenvalue weighted by Gasteiger charge is -2.26. The number of hydrogen-bond acceptors (Lipinski definition) is 3. The molecule has 0 aliphatic carbocycles. The van der Waals surface area contributed by atoms with Crippen molar-refractivity contribution < 1.29 is 14.6 Å². The maximum atomic E-state index is 11.7. The van der Waals surface area contributed by atoms with E-state index >= 15 is 0 Å². The fraction of sp³-hybridized carbons (Fsp3) is 0.917. The van der Waals surface area contributed by atoms with Gasteiger partial charge in [-0.25, -0.2) is 4.79 Å². The van der Waals surface area contributed by atoms with E-state index in [2.05, 4.69) is 31.4 Å². The highest BCUT2D eigenvalue weighted by Gasteiger charge is 2.22. The van der Waals surface area contributed by atoms with Crippen LogP contribution in [-0.4, -0.2) is 43.0 Å². The van der Waals surface area contributed by atoms with Crippen molar-refractivity contribution in [2.24, 2.45) is 5.41 Å². The Labute approximate surface area is 103 Å². The molecule has 100 valence electrons. The molecule has 3 N–H and O–H groups in total. The summed E-state index contributed by atoms with van der Waals surface area (Å²) < 4.78 is 5.18. The Balaban J connectivity index is 2.31. The van der Waals surface area contributed by atoms with Crippen molar-refractivity contribution in [2.75, 3.05) is 19.8 Å². The standard InChI is InChI=1S/C12H24N2O3/c1-12(2,3)6-10(7-15)14-11(16)13-9-4-5-17-8-9/h9-10,15H,4-8H2,1-3H3,(H2,13,14,16). The minimum absolute atomic E-state index is 0.0359. The number of hydrogen-bond donors (Lipinski definition) is 3. The summed E-state index contributed by atoms with van der Waals surface area (Å²) in [7, 11) is 0. The average Bonchev–Trinajstić information content (AvgIpc) is 2.67. The average molecular weight is 244 g/mol.